The Morgan fingerprint density at radius 1 is 0.625 bits per heavy atom. The Labute approximate surface area is 175 Å². The van der Waals surface area contributed by atoms with E-state index in [0.717, 1.165) is 0 Å². The van der Waals surface area contributed by atoms with E-state index in [1.807, 2.05) is 0 Å². The van der Waals surface area contributed by atoms with Gasteiger partial charge < -0.3 is 0 Å². The van der Waals surface area contributed by atoms with Crippen LogP contribution in [0.15, 0.2) is 23.8 Å². The predicted molar refractivity (Wildman–Crippen MR) is 113 cm³/mol. The van der Waals surface area contributed by atoms with Gasteiger partial charge in [0.15, 0.2) is 0 Å². The van der Waals surface area contributed by atoms with E-state index in [4.69, 9.17) is 0 Å². The molecule has 0 unspecified atom stereocenters. The number of hydrogen-bond acceptors (Lipinski definition) is 0. The first-order valence-corrected chi connectivity index (χ1v) is 10.8. The predicted octanol–water partition coefficient (Wildman–Crippen LogP) is 7.88. The molecule has 0 radical (unpaired) electrons. The standard InChI is InChI=1S/C23H42.Na.H/c1-2-3-4-5-6-7-8-9-10-11-12-13-14-15-16-17-20-23-21-18-19-22-23;;/h18-19,21H,2-17,20,22H2,1H3;;. The SMILES string of the molecule is CCCCCCCCCCCCCCCCCCC1=CC=CC1.[NaH]. The van der Waals surface area contributed by atoms with Crippen LogP contribution in [-0.4, -0.2) is 29.6 Å². The van der Waals surface area contributed by atoms with E-state index in [9.17, 15) is 0 Å². The summed E-state index contributed by atoms with van der Waals surface area (Å²) in [5.41, 5.74) is 1.65. The summed E-state index contributed by atoms with van der Waals surface area (Å²) in [7, 11) is 0. The zero-order chi connectivity index (χ0) is 16.4. The summed E-state index contributed by atoms with van der Waals surface area (Å²) in [6.07, 6.45) is 32.7. The summed E-state index contributed by atoms with van der Waals surface area (Å²) in [6, 6.07) is 0. The number of unbranched alkanes of at least 4 members (excludes halogenated alkanes) is 15. The van der Waals surface area contributed by atoms with E-state index in [0.29, 0.717) is 0 Å². The third-order valence-corrected chi connectivity index (χ3v) is 5.20. The fraction of sp³-hybridized carbons (Fsp3) is 0.826. The zero-order valence-corrected chi connectivity index (χ0v) is 16.0. The molecule has 0 aliphatic heterocycles. The molecule has 0 saturated heterocycles. The average Bonchev–Trinajstić information content (AvgIpc) is 3.08. The Hall–Kier alpha value is 0.480. The molecule has 0 aromatic rings. The molecule has 0 atom stereocenters. The van der Waals surface area contributed by atoms with Crippen molar-refractivity contribution in [2.75, 3.05) is 0 Å². The fourth-order valence-electron chi connectivity index (χ4n) is 3.58. The van der Waals surface area contributed by atoms with Crippen molar-refractivity contribution in [1.29, 1.82) is 0 Å². The summed E-state index contributed by atoms with van der Waals surface area (Å²) in [6.45, 7) is 2.30. The zero-order valence-electron chi connectivity index (χ0n) is 16.0. The maximum atomic E-state index is 2.31. The van der Waals surface area contributed by atoms with E-state index in [2.05, 4.69) is 25.2 Å². The molecule has 0 N–H and O–H groups in total. The molecule has 0 heterocycles. The molecule has 0 saturated carbocycles. The molecule has 136 valence electrons. The van der Waals surface area contributed by atoms with Crippen molar-refractivity contribution in [2.45, 2.75) is 122 Å². The van der Waals surface area contributed by atoms with Crippen molar-refractivity contribution in [2.24, 2.45) is 0 Å². The molecule has 0 aromatic carbocycles. The number of hydrogen-bond donors (Lipinski definition) is 0. The van der Waals surface area contributed by atoms with Gasteiger partial charge in [0.2, 0.25) is 0 Å². The molecule has 1 aliphatic rings. The molecule has 0 fully saturated rings. The van der Waals surface area contributed by atoms with Crippen molar-refractivity contribution in [3.8, 4) is 0 Å². The monoisotopic (exact) mass is 342 g/mol. The second-order valence-corrected chi connectivity index (χ2v) is 7.51. The molecule has 0 spiro atoms. The van der Waals surface area contributed by atoms with Gasteiger partial charge in [-0.05, 0) is 19.3 Å². The van der Waals surface area contributed by atoms with Gasteiger partial charge in [-0.3, -0.25) is 0 Å². The average molecular weight is 343 g/mol. The molecule has 0 amide bonds. The Bertz CT molecular complexity index is 303. The van der Waals surface area contributed by atoms with Crippen molar-refractivity contribution >= 4 is 29.6 Å². The first-order chi connectivity index (χ1) is 11.4. The summed E-state index contributed by atoms with van der Waals surface area (Å²) >= 11 is 0. The fourth-order valence-corrected chi connectivity index (χ4v) is 3.58. The van der Waals surface area contributed by atoms with Crippen LogP contribution in [-0.2, 0) is 0 Å². The van der Waals surface area contributed by atoms with E-state index >= 15 is 0 Å². The summed E-state index contributed by atoms with van der Waals surface area (Å²) < 4.78 is 0. The van der Waals surface area contributed by atoms with E-state index < -0.39 is 0 Å². The Kier molecular flexibility index (Phi) is 20.2. The number of allylic oxidation sites excluding steroid dienone is 4. The van der Waals surface area contributed by atoms with Gasteiger partial charge in [-0.15, -0.1) is 0 Å². The second-order valence-electron chi connectivity index (χ2n) is 7.51. The van der Waals surface area contributed by atoms with Crippen LogP contribution in [0.2, 0.25) is 0 Å². The number of rotatable bonds is 17. The van der Waals surface area contributed by atoms with Crippen LogP contribution < -0.4 is 0 Å². The maximum absolute atomic E-state index is 2.31. The molecule has 1 aliphatic carbocycles. The van der Waals surface area contributed by atoms with Crippen LogP contribution in [0.25, 0.3) is 0 Å². The van der Waals surface area contributed by atoms with Gasteiger partial charge in [-0.2, -0.15) is 0 Å². The van der Waals surface area contributed by atoms with Crippen LogP contribution >= 0.6 is 0 Å². The van der Waals surface area contributed by atoms with Crippen molar-refractivity contribution < 1.29 is 0 Å². The van der Waals surface area contributed by atoms with Gasteiger partial charge in [-0.1, -0.05) is 127 Å². The van der Waals surface area contributed by atoms with E-state index in [-0.39, 0.29) is 29.6 Å². The van der Waals surface area contributed by atoms with Gasteiger partial charge >= 0.3 is 29.6 Å². The minimum absolute atomic E-state index is 0. The van der Waals surface area contributed by atoms with Crippen LogP contribution in [0.1, 0.15) is 122 Å². The van der Waals surface area contributed by atoms with Crippen molar-refractivity contribution in [1.82, 2.24) is 0 Å². The molecular weight excluding hydrogens is 299 g/mol. The topological polar surface area (TPSA) is 0 Å². The Morgan fingerprint density at radius 2 is 1.04 bits per heavy atom. The van der Waals surface area contributed by atoms with Gasteiger partial charge in [0.05, 0.1) is 0 Å². The normalized spacial score (nSPS) is 13.1. The minimum atomic E-state index is 0. The summed E-state index contributed by atoms with van der Waals surface area (Å²) in [5.74, 6) is 0. The van der Waals surface area contributed by atoms with Crippen LogP contribution in [0.3, 0.4) is 0 Å². The summed E-state index contributed by atoms with van der Waals surface area (Å²) in [4.78, 5) is 0. The van der Waals surface area contributed by atoms with Gasteiger partial charge in [0.1, 0.15) is 0 Å². The first-order valence-electron chi connectivity index (χ1n) is 10.8. The quantitative estimate of drug-likeness (QED) is 0.186. The molecular formula is C23H43Na. The molecule has 24 heavy (non-hydrogen) atoms. The van der Waals surface area contributed by atoms with Crippen LogP contribution in [0.4, 0.5) is 0 Å². The van der Waals surface area contributed by atoms with E-state index in [1.165, 1.54) is 116 Å². The third-order valence-electron chi connectivity index (χ3n) is 5.20. The van der Waals surface area contributed by atoms with Gasteiger partial charge in [-0.25, -0.2) is 0 Å². The van der Waals surface area contributed by atoms with Gasteiger partial charge in [0.25, 0.3) is 0 Å². The molecule has 0 nitrogen and oxygen atoms in total. The summed E-state index contributed by atoms with van der Waals surface area (Å²) in [5, 5.41) is 0. The van der Waals surface area contributed by atoms with Crippen molar-refractivity contribution in [3.05, 3.63) is 23.8 Å². The molecule has 1 rings (SSSR count). The molecule has 0 bridgehead atoms. The Balaban J connectivity index is 0.00000529. The van der Waals surface area contributed by atoms with Crippen LogP contribution in [0, 0.1) is 0 Å². The Morgan fingerprint density at radius 3 is 1.42 bits per heavy atom. The third kappa shape index (κ3) is 16.0. The molecule has 1 heteroatoms. The van der Waals surface area contributed by atoms with Crippen LogP contribution in [0.5, 0.6) is 0 Å². The first kappa shape index (κ1) is 24.5. The van der Waals surface area contributed by atoms with Crippen molar-refractivity contribution in [3.63, 3.8) is 0 Å². The second kappa shape index (κ2) is 19.8. The van der Waals surface area contributed by atoms with Gasteiger partial charge in [0, 0.05) is 0 Å². The van der Waals surface area contributed by atoms with E-state index in [1.54, 1.807) is 5.57 Å². The molecule has 0 aromatic heterocycles.